The van der Waals surface area contributed by atoms with Gasteiger partial charge in [0.25, 0.3) is 0 Å². The summed E-state index contributed by atoms with van der Waals surface area (Å²) >= 11 is 0. The van der Waals surface area contributed by atoms with Crippen LogP contribution in [0.3, 0.4) is 0 Å². The molecule has 12 saturated carbocycles. The molecule has 3 N–H and O–H groups in total. The van der Waals surface area contributed by atoms with Crippen molar-refractivity contribution in [2.24, 2.45) is 121 Å². The predicted octanol–water partition coefficient (Wildman–Crippen LogP) is 14.1. The molecule has 3 heterocycles. The van der Waals surface area contributed by atoms with E-state index in [9.17, 15) is 62.6 Å². The molecular formula is C96H132O21. The van der Waals surface area contributed by atoms with E-state index in [2.05, 4.69) is 6.92 Å². The summed E-state index contributed by atoms with van der Waals surface area (Å²) in [6.45, 7) is -4.28. The average molecular weight is 1660 g/mol. The lowest BCUT2D eigenvalue weighted by molar-refractivity contribution is -0.210. The fourth-order valence-electron chi connectivity index (χ4n) is 26.2. The molecule has 0 unspecified atom stereocenters. The second-order valence-electron chi connectivity index (χ2n) is 37.1. The van der Waals surface area contributed by atoms with E-state index in [1.807, 2.05) is 26.8 Å². The molecule has 0 aromatic rings. The van der Waals surface area contributed by atoms with Crippen LogP contribution in [0.25, 0.3) is 0 Å². The molecule has 27 atom stereocenters. The van der Waals surface area contributed by atoms with Gasteiger partial charge in [0.2, 0.25) is 17.3 Å². The number of carbonyl (C=O) groups excluding carboxylic acids is 9. The van der Waals surface area contributed by atoms with Crippen molar-refractivity contribution in [2.45, 2.75) is 328 Å². The van der Waals surface area contributed by atoms with Gasteiger partial charge in [0.05, 0.1) is 55.7 Å². The molecule has 18 aliphatic rings. The number of Topliss-reactive ketones (excluding diaryl/α,β-unsaturated/α-hetero) is 3. The Labute approximate surface area is 743 Å². The van der Waals surface area contributed by atoms with E-state index in [1.54, 1.807) is 51.2 Å². The number of hydrogen-bond donors (Lipinski definition) is 3. The summed E-state index contributed by atoms with van der Waals surface area (Å²) in [5, 5.41) is 36.0. The van der Waals surface area contributed by atoms with E-state index in [1.165, 1.54) is 25.2 Å². The van der Waals surface area contributed by atoms with Crippen LogP contribution in [-0.2, 0) is 85.8 Å². The van der Waals surface area contributed by atoms with Gasteiger partial charge in [-0.05, 0) is 187 Å². The first-order chi connectivity index (χ1) is 69.8. The Morgan fingerprint density at radius 1 is 0.479 bits per heavy atom. The van der Waals surface area contributed by atoms with E-state index in [0.717, 1.165) is 48.8 Å². The second-order valence-corrected chi connectivity index (χ2v) is 37.1. The van der Waals surface area contributed by atoms with Crippen molar-refractivity contribution in [2.75, 3.05) is 19.8 Å². The molecule has 3 aliphatic heterocycles. The maximum Gasteiger partial charge on any atom is 0.308 e. The smallest absolute Gasteiger partial charge is 0.308 e. The first-order valence-corrected chi connectivity index (χ1v) is 41.3. The third kappa shape index (κ3) is 13.6. The van der Waals surface area contributed by atoms with E-state index in [-0.39, 0.29) is 72.6 Å². The Balaban J connectivity index is 0.000000165. The van der Waals surface area contributed by atoms with Crippen molar-refractivity contribution in [1.29, 1.82) is 0 Å². The number of esters is 3. The normalized spacial score (nSPS) is 56.0. The van der Waals surface area contributed by atoms with Crippen LogP contribution in [-0.4, -0.2) is 160 Å². The van der Waals surface area contributed by atoms with Gasteiger partial charge in [-0.3, -0.25) is 43.2 Å². The fourth-order valence-corrected chi connectivity index (χ4v) is 26.2. The zero-order valence-electron chi connectivity index (χ0n) is 104. The number of ketones is 6. The molecule has 0 bridgehead atoms. The number of aliphatic hydroxyl groups excluding tert-OH is 3. The van der Waals surface area contributed by atoms with Crippen molar-refractivity contribution in [3.63, 3.8) is 0 Å². The summed E-state index contributed by atoms with van der Waals surface area (Å²) in [4.78, 5) is 120. The Bertz CT molecular complexity index is 5810. The molecule has 3 saturated heterocycles. The molecular weight excluding hydrogens is 1490 g/mol. The highest BCUT2D eigenvalue weighted by Crippen LogP contribution is 2.74. The number of fused-ring (bicyclic) bond motifs is 21. The number of rotatable bonds is 15. The van der Waals surface area contributed by atoms with Crippen molar-refractivity contribution in [3.05, 3.63) is 71.4 Å². The number of carbonyl (C=O) groups is 9. The van der Waals surface area contributed by atoms with Gasteiger partial charge in [-0.15, -0.1) is 0 Å². The molecule has 21 heteroatoms. The van der Waals surface area contributed by atoms with E-state index >= 15 is 0 Å². The molecule has 18 rings (SSSR count). The lowest BCUT2D eigenvalue weighted by Gasteiger charge is -2.59. The monoisotopic (exact) mass is 1660 g/mol. The molecule has 21 nitrogen and oxygen atoms in total. The fraction of sp³-hybridized carbons (Fsp3) is 0.781. The standard InChI is InChI=1S/3C32H44O7/c3*1-18(2)28(36)37-17-25(35)32-26(38-29(39-32)19-8-6-5-7-9-19)15-23-22-11-10-20-14-21(33)12-13-30(20,3)27(22)24(34)16-31(23,32)4/h3*12-14,18-19,22-24,26-27,29,34H,5-11,15-17H2,1-4H3/t3*22-,23-,24-,26+,27+,29+,30-,31-,32+/m000/s1/i1D3,2D3,5D2,6D2,7D2,8D2,9D2,18D,19D,29D;5D2,6D2,7D2,8D2,9D2,19D;1D3,2D3,18D. The van der Waals surface area contributed by atoms with E-state index < -0.39 is 316 Å². The maximum atomic E-state index is 14.9. The van der Waals surface area contributed by atoms with Gasteiger partial charge in [-0.1, -0.05) is 175 Å². The summed E-state index contributed by atoms with van der Waals surface area (Å²) in [6, 6.07) is 0. The van der Waals surface area contributed by atoms with Crippen LogP contribution in [0.4, 0.5) is 0 Å². The second kappa shape index (κ2) is 31.7. The third-order valence-corrected chi connectivity index (χ3v) is 31.3. The maximum absolute atomic E-state index is 14.9. The van der Waals surface area contributed by atoms with Crippen molar-refractivity contribution in [1.82, 2.24) is 0 Å². The summed E-state index contributed by atoms with van der Waals surface area (Å²) in [7, 11) is 0. The van der Waals surface area contributed by atoms with Crippen LogP contribution >= 0.6 is 0 Å². The molecule has 0 amide bonds. The highest BCUT2D eigenvalue weighted by atomic mass is 16.8. The predicted molar refractivity (Wildman–Crippen MR) is 430 cm³/mol. The van der Waals surface area contributed by atoms with Gasteiger partial charge < -0.3 is 58.0 Å². The number of aliphatic hydroxyl groups is 3. The van der Waals surface area contributed by atoms with Crippen LogP contribution in [0.5, 0.6) is 0 Å². The topological polar surface area (TPSA) is 297 Å². The third-order valence-electron chi connectivity index (χ3n) is 31.3. The first-order valence-electron chi connectivity index (χ1n) is 59.8. The lowest BCUT2D eigenvalue weighted by Crippen LogP contribution is -2.63. The lowest BCUT2D eigenvalue weighted by atomic mass is 9.46. The van der Waals surface area contributed by atoms with Gasteiger partial charge in [-0.2, -0.15) is 0 Å². The molecule has 117 heavy (non-hydrogen) atoms. The van der Waals surface area contributed by atoms with Crippen LogP contribution in [0, 0.1) is 121 Å². The van der Waals surface area contributed by atoms with E-state index in [4.69, 9.17) is 89.2 Å². The molecule has 0 radical (unpaired) electrons. The highest BCUT2D eigenvalue weighted by Gasteiger charge is 2.80. The van der Waals surface area contributed by atoms with Gasteiger partial charge >= 0.3 is 17.9 Å². The summed E-state index contributed by atoms with van der Waals surface area (Å²) in [5.41, 5.74) is -10.3. The number of ether oxygens (including phenoxy) is 9. The van der Waals surface area contributed by atoms with Crippen LogP contribution in [0.1, 0.15) is 306 Å². The zero-order valence-corrected chi connectivity index (χ0v) is 67.0. The minimum absolute atomic E-state index is 0.0330. The van der Waals surface area contributed by atoms with Gasteiger partial charge in [0.15, 0.2) is 72.8 Å². The minimum atomic E-state index is -4.24. The Kier molecular flexibility index (Phi) is 13.8. The largest absolute Gasteiger partial charge is 0.457 e. The summed E-state index contributed by atoms with van der Waals surface area (Å²) < 4.78 is 360. The van der Waals surface area contributed by atoms with Gasteiger partial charge in [0.1, 0.15) is 0 Å². The van der Waals surface area contributed by atoms with Crippen LogP contribution < -0.4 is 0 Å². The van der Waals surface area contributed by atoms with Gasteiger partial charge in [-0.25, -0.2) is 0 Å². The SMILES string of the molecule is [2H]C([2H])([2H])C([2H])(C(=O)OCC(=O)[C@@]12O[C@H](C3CCCCC3)O[C@@H]1C[C@H]1[C@@H]3CCC4=CC(=O)C=C[C@]4(C)[C@H]3[C@@H](O)C[C@@]12C)C([2H])([2H])[2H].[2H]C([2H])([2H])C([2H])(C(=O)OCC(=O)[C@@]12O[C@]([2H])(C3([2H])C([2H])([2H])C([2H])([2H])C([2H])([2H])C([2H])([2H])C3([2H])[2H])O[C@@H]1C[C@H]1[C@@H]3CCC4=CC(=O)C=C[C@]4(C)[C@H]3[C@@H](O)C[C@@]12C)C([2H])([2H])[2H].[2H]C1([2H])C([2H])([2H])C([2H])([2H])C([2H])([C@@H]2O[C@@H]3C[C@H]4[C@@H]5CCC6=CC(=O)C=C[C@]6(C)[C@H]5[C@@H](O)C[C@]4(C)[C@]3(C(=O)COC(=O)C(C)C)O2)C([2H])([2H])C1([2H])[2H]. The number of allylic oxidation sites excluding steroid dienone is 12. The molecule has 0 spiro atoms. The average Bonchev–Trinajstić information content (AvgIpc) is 1.31. The zero-order chi connectivity index (χ0) is 116. The van der Waals surface area contributed by atoms with Crippen molar-refractivity contribution < 1.29 is 152 Å². The first kappa shape index (κ1) is 50.9. The Morgan fingerprint density at radius 2 is 0.829 bits per heavy atom. The summed E-state index contributed by atoms with van der Waals surface area (Å²) in [5.74, 6) is -27.6. The Morgan fingerprint density at radius 3 is 1.21 bits per heavy atom. The quantitative estimate of drug-likeness (QED) is 0.101. The van der Waals surface area contributed by atoms with Crippen LogP contribution in [0.15, 0.2) is 71.4 Å². The van der Waals surface area contributed by atoms with E-state index in [0.29, 0.717) is 44.9 Å². The van der Waals surface area contributed by atoms with Crippen molar-refractivity contribution >= 4 is 52.6 Å². The molecule has 15 fully saturated rings. The highest BCUT2D eigenvalue weighted by molar-refractivity contribution is 6.02. The molecule has 0 aromatic heterocycles. The minimum Gasteiger partial charge on any atom is -0.457 e. The van der Waals surface area contributed by atoms with Gasteiger partial charge in [0, 0.05) is 117 Å². The molecule has 642 valence electrons. The van der Waals surface area contributed by atoms with Crippen molar-refractivity contribution in [3.8, 4) is 0 Å². The number of hydrogen-bond acceptors (Lipinski definition) is 21. The summed E-state index contributed by atoms with van der Waals surface area (Å²) in [6.07, 6.45) is -31.8. The van der Waals surface area contributed by atoms with Crippen LogP contribution in [0.2, 0.25) is 0 Å². The molecule has 0 aromatic carbocycles. The molecule has 15 aliphatic carbocycles. The Hall–Kier alpha value is -5.49.